The van der Waals surface area contributed by atoms with Crippen LogP contribution in [0.3, 0.4) is 0 Å². The van der Waals surface area contributed by atoms with E-state index in [0.29, 0.717) is 0 Å². The average Bonchev–Trinajstić information content (AvgIpc) is 2.16. The molecule has 0 aliphatic heterocycles. The number of nitrogens with one attached hydrogen (secondary N) is 1. The highest BCUT2D eigenvalue weighted by molar-refractivity contribution is 5.44. The molecule has 1 atom stereocenters. The van der Waals surface area contributed by atoms with Crippen LogP contribution < -0.4 is 11.1 Å². The van der Waals surface area contributed by atoms with Gasteiger partial charge in [0.05, 0.1) is 12.3 Å². The molecule has 0 bridgehead atoms. The highest BCUT2D eigenvalue weighted by Crippen LogP contribution is 2.14. The lowest BCUT2D eigenvalue weighted by atomic mass is 10.2. The first-order valence-corrected chi connectivity index (χ1v) is 4.19. The molecule has 0 aromatic heterocycles. The summed E-state index contributed by atoms with van der Waals surface area (Å²) < 4.78 is 25.5. The van der Waals surface area contributed by atoms with Gasteiger partial charge in [0.2, 0.25) is 0 Å². The van der Waals surface area contributed by atoms with Crippen LogP contribution in [0.2, 0.25) is 0 Å². The van der Waals surface area contributed by atoms with Gasteiger partial charge in [-0.25, -0.2) is 8.78 Å². The van der Waals surface area contributed by atoms with E-state index >= 15 is 0 Å². The van der Waals surface area contributed by atoms with Gasteiger partial charge in [0.25, 0.3) is 0 Å². The number of hydrogen-bond donors (Lipinski definition) is 3. The molecule has 3 nitrogen and oxygen atoms in total. The van der Waals surface area contributed by atoms with Crippen LogP contribution in [0.25, 0.3) is 0 Å². The van der Waals surface area contributed by atoms with Crippen molar-refractivity contribution in [2.45, 2.75) is 6.04 Å². The monoisotopic (exact) mass is 202 g/mol. The van der Waals surface area contributed by atoms with Crippen molar-refractivity contribution in [3.8, 4) is 0 Å². The Bertz CT molecular complexity index is 307. The zero-order chi connectivity index (χ0) is 10.6. The summed E-state index contributed by atoms with van der Waals surface area (Å²) in [6.45, 7) is 0.0505. The van der Waals surface area contributed by atoms with Crippen LogP contribution in [0, 0.1) is 11.6 Å². The number of rotatable bonds is 4. The highest BCUT2D eigenvalue weighted by atomic mass is 19.1. The third-order valence-electron chi connectivity index (χ3n) is 1.72. The Morgan fingerprint density at radius 3 is 2.71 bits per heavy atom. The van der Waals surface area contributed by atoms with Crippen molar-refractivity contribution in [1.82, 2.24) is 0 Å². The maximum atomic E-state index is 13.0. The van der Waals surface area contributed by atoms with E-state index in [-0.39, 0.29) is 18.8 Å². The van der Waals surface area contributed by atoms with Crippen LogP contribution in [0.15, 0.2) is 18.2 Å². The van der Waals surface area contributed by atoms with Crippen LogP contribution in [-0.2, 0) is 0 Å². The van der Waals surface area contributed by atoms with Gasteiger partial charge in [-0.15, -0.1) is 0 Å². The topological polar surface area (TPSA) is 58.3 Å². The second-order valence-electron chi connectivity index (χ2n) is 2.95. The average molecular weight is 202 g/mol. The number of anilines is 1. The van der Waals surface area contributed by atoms with Crippen LogP contribution in [-0.4, -0.2) is 24.3 Å². The summed E-state index contributed by atoms with van der Waals surface area (Å²) in [5.74, 6) is -1.30. The fourth-order valence-electron chi connectivity index (χ4n) is 0.938. The molecule has 0 spiro atoms. The molecule has 0 aliphatic rings. The molecule has 0 fully saturated rings. The van der Waals surface area contributed by atoms with Crippen molar-refractivity contribution in [2.75, 3.05) is 18.5 Å². The molecule has 0 saturated heterocycles. The van der Waals surface area contributed by atoms with Crippen molar-refractivity contribution in [3.63, 3.8) is 0 Å². The lowest BCUT2D eigenvalue weighted by Crippen LogP contribution is -2.32. The predicted molar refractivity (Wildman–Crippen MR) is 49.9 cm³/mol. The minimum absolute atomic E-state index is 0.176. The number of benzene rings is 1. The molecule has 0 saturated carbocycles. The van der Waals surface area contributed by atoms with E-state index in [0.717, 1.165) is 12.1 Å². The lowest BCUT2D eigenvalue weighted by molar-refractivity contribution is 0.270. The summed E-state index contributed by atoms with van der Waals surface area (Å²) >= 11 is 0. The third-order valence-corrected chi connectivity index (χ3v) is 1.72. The van der Waals surface area contributed by atoms with Crippen molar-refractivity contribution in [2.24, 2.45) is 5.73 Å². The van der Waals surface area contributed by atoms with Gasteiger partial charge in [-0.2, -0.15) is 0 Å². The molecule has 0 heterocycles. The van der Waals surface area contributed by atoms with Gasteiger partial charge in [0.1, 0.15) is 11.6 Å². The Morgan fingerprint density at radius 2 is 2.14 bits per heavy atom. The van der Waals surface area contributed by atoms with Gasteiger partial charge < -0.3 is 16.2 Å². The van der Waals surface area contributed by atoms with Gasteiger partial charge >= 0.3 is 0 Å². The summed E-state index contributed by atoms with van der Waals surface area (Å²) in [6, 6.07) is 2.76. The summed E-state index contributed by atoms with van der Waals surface area (Å²) in [6.07, 6.45) is 0. The zero-order valence-electron chi connectivity index (χ0n) is 7.50. The molecule has 4 N–H and O–H groups in total. The van der Waals surface area contributed by atoms with Gasteiger partial charge in [-0.3, -0.25) is 0 Å². The number of halogens is 2. The number of aliphatic hydroxyl groups is 1. The molecule has 5 heteroatoms. The molecule has 0 radical (unpaired) electrons. The van der Waals surface area contributed by atoms with E-state index < -0.39 is 17.7 Å². The molecule has 1 unspecified atom stereocenters. The van der Waals surface area contributed by atoms with Gasteiger partial charge in [0.15, 0.2) is 0 Å². The van der Waals surface area contributed by atoms with E-state index in [9.17, 15) is 8.78 Å². The molecule has 14 heavy (non-hydrogen) atoms. The van der Waals surface area contributed by atoms with Crippen LogP contribution in [0.1, 0.15) is 0 Å². The normalized spacial score (nSPS) is 12.6. The predicted octanol–water partition coefficient (Wildman–Crippen LogP) is 0.696. The maximum absolute atomic E-state index is 13.0. The number of aliphatic hydroxyl groups excluding tert-OH is 1. The SMILES string of the molecule is NC(CO)CNc1ccc(F)cc1F. The van der Waals surface area contributed by atoms with E-state index in [1.807, 2.05) is 0 Å². The second-order valence-corrected chi connectivity index (χ2v) is 2.95. The summed E-state index contributed by atoms with van der Waals surface area (Å²) in [4.78, 5) is 0. The molecule has 1 rings (SSSR count). The summed E-state index contributed by atoms with van der Waals surface area (Å²) in [7, 11) is 0. The van der Waals surface area contributed by atoms with Gasteiger partial charge in [-0.1, -0.05) is 0 Å². The van der Waals surface area contributed by atoms with Crippen LogP contribution in [0.5, 0.6) is 0 Å². The molecule has 1 aromatic rings. The highest BCUT2D eigenvalue weighted by Gasteiger charge is 2.05. The molecular formula is C9H12F2N2O. The standard InChI is InChI=1S/C9H12F2N2O/c10-6-1-2-9(8(11)3-6)13-4-7(12)5-14/h1-3,7,13-14H,4-5,12H2. The molecule has 0 aliphatic carbocycles. The van der Waals surface area contributed by atoms with Crippen molar-refractivity contribution < 1.29 is 13.9 Å². The van der Waals surface area contributed by atoms with E-state index in [2.05, 4.69) is 5.32 Å². The fraction of sp³-hybridized carbons (Fsp3) is 0.333. The lowest BCUT2D eigenvalue weighted by Gasteiger charge is -2.11. The Hall–Kier alpha value is -1.20. The third kappa shape index (κ3) is 2.93. The fourth-order valence-corrected chi connectivity index (χ4v) is 0.938. The summed E-state index contributed by atoms with van der Waals surface area (Å²) in [5.41, 5.74) is 5.57. The Balaban J connectivity index is 2.59. The number of hydrogen-bond acceptors (Lipinski definition) is 3. The zero-order valence-corrected chi connectivity index (χ0v) is 7.50. The number of nitrogens with two attached hydrogens (primary N) is 1. The minimum Gasteiger partial charge on any atom is -0.395 e. The maximum Gasteiger partial charge on any atom is 0.149 e. The van der Waals surface area contributed by atoms with E-state index in [1.54, 1.807) is 0 Å². The van der Waals surface area contributed by atoms with Gasteiger partial charge in [0, 0.05) is 18.7 Å². The second kappa shape index (κ2) is 4.88. The first-order valence-electron chi connectivity index (χ1n) is 4.19. The Labute approximate surface area is 80.5 Å². The molecule has 78 valence electrons. The van der Waals surface area contributed by atoms with Crippen molar-refractivity contribution >= 4 is 5.69 Å². The minimum atomic E-state index is -0.671. The van der Waals surface area contributed by atoms with Crippen molar-refractivity contribution in [1.29, 1.82) is 0 Å². The largest absolute Gasteiger partial charge is 0.395 e. The summed E-state index contributed by atoms with van der Waals surface area (Å²) in [5, 5.41) is 11.3. The Morgan fingerprint density at radius 1 is 1.43 bits per heavy atom. The smallest absolute Gasteiger partial charge is 0.149 e. The van der Waals surface area contributed by atoms with E-state index in [4.69, 9.17) is 10.8 Å². The first kappa shape index (κ1) is 10.9. The van der Waals surface area contributed by atoms with Gasteiger partial charge in [-0.05, 0) is 12.1 Å². The van der Waals surface area contributed by atoms with Crippen LogP contribution in [0.4, 0.5) is 14.5 Å². The first-order chi connectivity index (χ1) is 6.63. The molecule has 1 aromatic carbocycles. The Kier molecular flexibility index (Phi) is 3.79. The quantitative estimate of drug-likeness (QED) is 0.673. The van der Waals surface area contributed by atoms with Crippen LogP contribution >= 0.6 is 0 Å². The molecule has 0 amide bonds. The molecular weight excluding hydrogens is 190 g/mol. The van der Waals surface area contributed by atoms with E-state index in [1.165, 1.54) is 6.07 Å². The van der Waals surface area contributed by atoms with Crippen molar-refractivity contribution in [3.05, 3.63) is 29.8 Å².